The number of halogens is 1. The first-order valence-corrected chi connectivity index (χ1v) is 6.70. The van der Waals surface area contributed by atoms with E-state index >= 15 is 0 Å². The van der Waals surface area contributed by atoms with E-state index in [1.54, 1.807) is 0 Å². The molecule has 1 aromatic rings. The van der Waals surface area contributed by atoms with Gasteiger partial charge in [0.15, 0.2) is 0 Å². The van der Waals surface area contributed by atoms with Crippen LogP contribution in [-0.2, 0) is 20.9 Å². The van der Waals surface area contributed by atoms with Crippen LogP contribution in [0.15, 0.2) is 11.0 Å². The van der Waals surface area contributed by atoms with Gasteiger partial charge in [-0.15, -0.1) is 0 Å². The van der Waals surface area contributed by atoms with Crippen LogP contribution in [0.25, 0.3) is 0 Å². The number of ether oxygens (including phenoxy) is 1. The second kappa shape index (κ2) is 8.25. The van der Waals surface area contributed by atoms with Gasteiger partial charge in [0.2, 0.25) is 5.91 Å². The molecule has 0 saturated heterocycles. The molecule has 0 atom stereocenters. The van der Waals surface area contributed by atoms with E-state index < -0.39 is 11.5 Å². The van der Waals surface area contributed by atoms with Crippen molar-refractivity contribution in [2.24, 2.45) is 0 Å². The van der Waals surface area contributed by atoms with Gasteiger partial charge < -0.3 is 15.4 Å². The Morgan fingerprint density at radius 3 is 2.81 bits per heavy atom. The molecule has 2 N–H and O–H groups in total. The zero-order valence-electron chi connectivity index (χ0n) is 11.8. The molecule has 0 unspecified atom stereocenters. The fourth-order valence-electron chi connectivity index (χ4n) is 1.48. The Kier molecular flexibility index (Phi) is 6.67. The quantitative estimate of drug-likeness (QED) is 0.687. The van der Waals surface area contributed by atoms with Gasteiger partial charge in [-0.05, 0) is 6.92 Å². The molecule has 0 aliphatic carbocycles. The number of carbonyl (C=O) groups excluding carboxylic acids is 2. The van der Waals surface area contributed by atoms with Gasteiger partial charge in [-0.25, -0.2) is 4.68 Å². The lowest BCUT2D eigenvalue weighted by Crippen LogP contribution is -2.29. The van der Waals surface area contributed by atoms with Crippen molar-refractivity contribution in [3.63, 3.8) is 0 Å². The molecule has 0 bridgehead atoms. The molecule has 116 valence electrons. The zero-order chi connectivity index (χ0) is 15.8. The smallest absolute Gasteiger partial charge is 0.327 e. The molecule has 1 amide bonds. The molecule has 0 aliphatic heterocycles. The van der Waals surface area contributed by atoms with Crippen LogP contribution in [0.3, 0.4) is 0 Å². The summed E-state index contributed by atoms with van der Waals surface area (Å²) in [6.07, 6.45) is 1.57. The molecular weight excluding hydrogens is 300 g/mol. The van der Waals surface area contributed by atoms with Gasteiger partial charge in [0.05, 0.1) is 19.0 Å². The highest BCUT2D eigenvalue weighted by atomic mass is 35.5. The molecule has 21 heavy (non-hydrogen) atoms. The van der Waals surface area contributed by atoms with Crippen LogP contribution in [0, 0.1) is 0 Å². The maximum Gasteiger partial charge on any atom is 0.327 e. The summed E-state index contributed by atoms with van der Waals surface area (Å²) < 4.78 is 5.36. The highest BCUT2D eigenvalue weighted by Gasteiger charge is 2.12. The third-order valence-electron chi connectivity index (χ3n) is 2.53. The Bertz CT molecular complexity index is 573. The number of esters is 1. The summed E-state index contributed by atoms with van der Waals surface area (Å²) in [4.78, 5) is 34.3. The molecule has 0 saturated carbocycles. The van der Waals surface area contributed by atoms with Crippen molar-refractivity contribution in [3.8, 4) is 0 Å². The van der Waals surface area contributed by atoms with E-state index in [2.05, 4.69) is 20.5 Å². The van der Waals surface area contributed by atoms with Gasteiger partial charge in [-0.3, -0.25) is 14.4 Å². The first-order valence-electron chi connectivity index (χ1n) is 6.32. The number of amides is 1. The standard InChI is InChI=1S/C12H17ClN4O4/c1-3-14-9(18)4-5-15-8-6-16-17(7-10(19)21-2)12(20)11(8)13/h6,15H,3-5,7H2,1-2H3,(H,14,18). The van der Waals surface area contributed by atoms with Crippen LogP contribution in [0.4, 0.5) is 5.69 Å². The van der Waals surface area contributed by atoms with Gasteiger partial charge >= 0.3 is 5.97 Å². The number of aromatic nitrogens is 2. The molecule has 8 nitrogen and oxygen atoms in total. The topological polar surface area (TPSA) is 102 Å². The minimum absolute atomic E-state index is 0.0928. The minimum Gasteiger partial charge on any atom is -0.468 e. The Balaban J connectivity index is 2.69. The SMILES string of the molecule is CCNC(=O)CCNc1cnn(CC(=O)OC)c(=O)c1Cl. The summed E-state index contributed by atoms with van der Waals surface area (Å²) in [6, 6.07) is 0. The summed E-state index contributed by atoms with van der Waals surface area (Å²) in [5.41, 5.74) is -0.294. The van der Waals surface area contributed by atoms with Crippen LogP contribution >= 0.6 is 11.6 Å². The highest BCUT2D eigenvalue weighted by molar-refractivity contribution is 6.32. The summed E-state index contributed by atoms with van der Waals surface area (Å²) >= 11 is 5.91. The lowest BCUT2D eigenvalue weighted by Gasteiger charge is -2.09. The molecule has 1 heterocycles. The number of nitrogens with one attached hydrogen (secondary N) is 2. The second-order valence-electron chi connectivity index (χ2n) is 4.04. The van der Waals surface area contributed by atoms with E-state index in [4.69, 9.17) is 11.6 Å². The highest BCUT2D eigenvalue weighted by Crippen LogP contribution is 2.14. The van der Waals surface area contributed by atoms with Gasteiger partial charge in [0.1, 0.15) is 11.6 Å². The van der Waals surface area contributed by atoms with E-state index in [1.807, 2.05) is 6.92 Å². The van der Waals surface area contributed by atoms with Crippen molar-refractivity contribution >= 4 is 29.2 Å². The van der Waals surface area contributed by atoms with E-state index in [-0.39, 0.29) is 23.9 Å². The molecule has 9 heteroatoms. The largest absolute Gasteiger partial charge is 0.468 e. The fourth-order valence-corrected chi connectivity index (χ4v) is 1.70. The third-order valence-corrected chi connectivity index (χ3v) is 2.90. The predicted octanol–water partition coefficient (Wildman–Crippen LogP) is 0.00780. The normalized spacial score (nSPS) is 10.0. The average Bonchev–Trinajstić information content (AvgIpc) is 2.46. The van der Waals surface area contributed by atoms with Crippen LogP contribution in [0.5, 0.6) is 0 Å². The number of methoxy groups -OCH3 is 1. The molecule has 0 fully saturated rings. The van der Waals surface area contributed by atoms with E-state index in [0.29, 0.717) is 18.8 Å². The maximum absolute atomic E-state index is 11.9. The van der Waals surface area contributed by atoms with Gasteiger partial charge in [0.25, 0.3) is 5.56 Å². The first-order chi connectivity index (χ1) is 9.99. The minimum atomic E-state index is -0.606. The Hall–Kier alpha value is -2.09. The van der Waals surface area contributed by atoms with E-state index in [0.717, 1.165) is 4.68 Å². The van der Waals surface area contributed by atoms with Crippen molar-refractivity contribution in [2.75, 3.05) is 25.5 Å². The van der Waals surface area contributed by atoms with Crippen molar-refractivity contribution in [3.05, 3.63) is 21.6 Å². The van der Waals surface area contributed by atoms with Gasteiger partial charge in [-0.1, -0.05) is 11.6 Å². The van der Waals surface area contributed by atoms with Crippen LogP contribution in [0.2, 0.25) is 5.02 Å². The lowest BCUT2D eigenvalue weighted by molar-refractivity contribution is -0.141. The van der Waals surface area contributed by atoms with Crippen LogP contribution in [-0.4, -0.2) is 41.9 Å². The van der Waals surface area contributed by atoms with Gasteiger partial charge in [-0.2, -0.15) is 5.10 Å². The monoisotopic (exact) mass is 316 g/mol. The maximum atomic E-state index is 11.9. The number of rotatable bonds is 7. The first kappa shape index (κ1) is 17.0. The molecule has 0 spiro atoms. The van der Waals surface area contributed by atoms with E-state index in [9.17, 15) is 14.4 Å². The van der Waals surface area contributed by atoms with Crippen molar-refractivity contribution < 1.29 is 14.3 Å². The number of hydrogen-bond acceptors (Lipinski definition) is 6. The zero-order valence-corrected chi connectivity index (χ0v) is 12.6. The lowest BCUT2D eigenvalue weighted by atomic mass is 10.3. The predicted molar refractivity (Wildman–Crippen MR) is 77.3 cm³/mol. The molecule has 1 rings (SSSR count). The fraction of sp³-hybridized carbons (Fsp3) is 0.500. The third kappa shape index (κ3) is 5.07. The van der Waals surface area contributed by atoms with Crippen LogP contribution < -0.4 is 16.2 Å². The summed E-state index contributed by atoms with van der Waals surface area (Å²) in [7, 11) is 1.21. The van der Waals surface area contributed by atoms with Crippen molar-refractivity contribution in [1.29, 1.82) is 0 Å². The Morgan fingerprint density at radius 1 is 1.48 bits per heavy atom. The average molecular weight is 317 g/mol. The Morgan fingerprint density at radius 2 is 2.19 bits per heavy atom. The second-order valence-corrected chi connectivity index (χ2v) is 4.42. The summed E-state index contributed by atoms with van der Waals surface area (Å²) in [5.74, 6) is -0.703. The number of hydrogen-bond donors (Lipinski definition) is 2. The summed E-state index contributed by atoms with van der Waals surface area (Å²) in [5, 5.41) is 9.23. The number of carbonyl (C=O) groups is 2. The Labute approximate surface area is 126 Å². The van der Waals surface area contributed by atoms with Crippen molar-refractivity contribution in [1.82, 2.24) is 15.1 Å². The van der Waals surface area contributed by atoms with Gasteiger partial charge in [0, 0.05) is 19.5 Å². The molecule has 0 aromatic carbocycles. The molecule has 1 aromatic heterocycles. The molecule has 0 radical (unpaired) electrons. The number of nitrogens with zero attached hydrogens (tertiary/aromatic N) is 2. The van der Waals surface area contributed by atoms with Crippen LogP contribution in [0.1, 0.15) is 13.3 Å². The molecule has 0 aliphatic rings. The van der Waals surface area contributed by atoms with E-state index in [1.165, 1.54) is 13.3 Å². The summed E-state index contributed by atoms with van der Waals surface area (Å²) in [6.45, 7) is 2.39. The molecular formula is C12H17ClN4O4. The number of anilines is 1. The van der Waals surface area contributed by atoms with Crippen molar-refractivity contribution in [2.45, 2.75) is 19.9 Å².